The van der Waals surface area contributed by atoms with E-state index in [1.165, 1.54) is 12.5 Å². The lowest BCUT2D eigenvalue weighted by molar-refractivity contribution is -0.0708. The van der Waals surface area contributed by atoms with Crippen molar-refractivity contribution in [2.75, 3.05) is 44.4 Å². The summed E-state index contributed by atoms with van der Waals surface area (Å²) < 4.78 is 32.9. The molecule has 39 heavy (non-hydrogen) atoms. The molecule has 1 N–H and O–H groups in total. The first-order valence-corrected chi connectivity index (χ1v) is 13.8. The Morgan fingerprint density at radius 1 is 0.974 bits per heavy atom. The molecule has 3 saturated heterocycles. The van der Waals surface area contributed by atoms with Crippen molar-refractivity contribution < 1.29 is 18.6 Å². The zero-order valence-electron chi connectivity index (χ0n) is 21.6. The minimum Gasteiger partial charge on any atom is -0.491 e. The maximum atomic E-state index is 15.1. The lowest BCUT2D eigenvalue weighted by Gasteiger charge is -2.43. The second-order valence-electron chi connectivity index (χ2n) is 11.0. The first-order valence-electron chi connectivity index (χ1n) is 13.8. The molecule has 0 amide bonds. The van der Waals surface area contributed by atoms with Gasteiger partial charge in [-0.05, 0) is 36.2 Å². The van der Waals surface area contributed by atoms with Crippen molar-refractivity contribution in [3.8, 4) is 28.3 Å². The molecule has 4 aliphatic rings. The second kappa shape index (κ2) is 9.29. The third kappa shape index (κ3) is 3.91. The molecule has 9 heteroatoms. The van der Waals surface area contributed by atoms with Crippen LogP contribution >= 0.6 is 0 Å². The molecule has 0 aliphatic carbocycles. The lowest BCUT2D eigenvalue weighted by Crippen LogP contribution is -2.56. The van der Waals surface area contributed by atoms with Crippen LogP contribution in [0.3, 0.4) is 0 Å². The van der Waals surface area contributed by atoms with E-state index in [9.17, 15) is 0 Å². The molecule has 2 aromatic carbocycles. The van der Waals surface area contributed by atoms with Crippen LogP contribution in [-0.2, 0) is 16.1 Å². The van der Waals surface area contributed by atoms with Gasteiger partial charge in [-0.25, -0.2) is 4.39 Å². The number of aromatic nitrogens is 3. The normalized spacial score (nSPS) is 23.4. The van der Waals surface area contributed by atoms with E-state index in [2.05, 4.69) is 43.2 Å². The van der Waals surface area contributed by atoms with E-state index in [-0.39, 0.29) is 5.82 Å². The van der Waals surface area contributed by atoms with Crippen LogP contribution in [0.4, 0.5) is 10.1 Å². The first kappa shape index (κ1) is 23.4. The van der Waals surface area contributed by atoms with Crippen LogP contribution in [0.25, 0.3) is 33.4 Å². The minimum atomic E-state index is -0.310. The van der Waals surface area contributed by atoms with Crippen molar-refractivity contribution in [3.05, 3.63) is 60.0 Å². The largest absolute Gasteiger partial charge is 0.491 e. The summed E-state index contributed by atoms with van der Waals surface area (Å²) in [5.41, 5.74) is 5.51. The number of aromatic amines is 1. The molecule has 0 spiro atoms. The van der Waals surface area contributed by atoms with Crippen molar-refractivity contribution in [1.29, 1.82) is 0 Å². The van der Waals surface area contributed by atoms with Gasteiger partial charge < -0.3 is 19.1 Å². The fourth-order valence-electron chi connectivity index (χ4n) is 6.64. The van der Waals surface area contributed by atoms with Crippen molar-refractivity contribution in [2.24, 2.45) is 0 Å². The minimum absolute atomic E-state index is 0.309. The molecule has 0 unspecified atom stereocenters. The number of H-pyrrole nitrogens is 1. The van der Waals surface area contributed by atoms with Gasteiger partial charge in [-0.1, -0.05) is 18.2 Å². The van der Waals surface area contributed by atoms with Gasteiger partial charge in [0.05, 0.1) is 62.2 Å². The Balaban J connectivity index is 1.19. The van der Waals surface area contributed by atoms with Crippen LogP contribution in [0.5, 0.6) is 5.75 Å². The van der Waals surface area contributed by atoms with E-state index in [1.807, 2.05) is 12.1 Å². The Morgan fingerprint density at radius 2 is 1.92 bits per heavy atom. The second-order valence-corrected chi connectivity index (χ2v) is 11.0. The van der Waals surface area contributed by atoms with E-state index < -0.39 is 0 Å². The van der Waals surface area contributed by atoms with Gasteiger partial charge in [-0.3, -0.25) is 15.0 Å². The summed E-state index contributed by atoms with van der Waals surface area (Å²) in [5, 5.41) is 8.63. The summed E-state index contributed by atoms with van der Waals surface area (Å²) in [6.45, 7) is 5.16. The predicted molar refractivity (Wildman–Crippen MR) is 145 cm³/mol. The number of pyridine rings is 1. The van der Waals surface area contributed by atoms with Crippen LogP contribution in [-0.4, -0.2) is 77.7 Å². The highest BCUT2D eigenvalue weighted by Crippen LogP contribution is 2.43. The number of anilines is 1. The standard InChI is InChI=1S/C30H30FN5O3/c31-24-4-1-3-19-15-37-7-2-8-39-28-9-18(30-23-11-25(29(19)24)32-12-26(23)33-34-30)5-6-27(28)36-14-20-10-21(36)13-35(20)22-16-38-17-22/h1,3-6,9,11-12,20-22H,2,7-8,10,13-17H2,(H,33,34)/t20-,21-/m1/s1. The van der Waals surface area contributed by atoms with E-state index in [0.717, 1.165) is 71.9 Å². The molecule has 3 fully saturated rings. The van der Waals surface area contributed by atoms with Crippen LogP contribution in [0, 0.1) is 5.82 Å². The van der Waals surface area contributed by atoms with Gasteiger partial charge >= 0.3 is 0 Å². The summed E-state index contributed by atoms with van der Waals surface area (Å²) >= 11 is 0. The molecule has 0 saturated carbocycles. The Labute approximate surface area is 225 Å². The molecule has 8 rings (SSSR count). The molecular formula is C30H30FN5O3. The fourth-order valence-corrected chi connectivity index (χ4v) is 6.64. The van der Waals surface area contributed by atoms with Crippen molar-refractivity contribution in [1.82, 2.24) is 20.1 Å². The van der Waals surface area contributed by atoms with Gasteiger partial charge in [-0.15, -0.1) is 0 Å². The van der Waals surface area contributed by atoms with Gasteiger partial charge in [-0.2, -0.15) is 5.10 Å². The van der Waals surface area contributed by atoms with Crippen LogP contribution in [0.15, 0.2) is 48.7 Å². The average Bonchev–Trinajstić information content (AvgIpc) is 3.63. The van der Waals surface area contributed by atoms with E-state index in [1.54, 1.807) is 12.3 Å². The molecular weight excluding hydrogens is 497 g/mol. The monoisotopic (exact) mass is 527 g/mol. The summed E-state index contributed by atoms with van der Waals surface area (Å²) in [6, 6.07) is 15.0. The van der Waals surface area contributed by atoms with Gasteiger partial charge in [0.1, 0.15) is 17.3 Å². The number of halogens is 1. The number of fused-ring (bicyclic) bond motifs is 8. The first-order chi connectivity index (χ1) is 19.2. The quantitative estimate of drug-likeness (QED) is 0.414. The molecule has 4 aromatic rings. The number of nitrogens with one attached hydrogen (secondary N) is 1. The molecule has 6 heterocycles. The zero-order valence-corrected chi connectivity index (χ0v) is 21.6. The Kier molecular flexibility index (Phi) is 5.57. The number of nitrogens with zero attached hydrogens (tertiary/aromatic N) is 4. The number of hydrogen-bond donors (Lipinski definition) is 1. The zero-order chi connectivity index (χ0) is 25.9. The van der Waals surface area contributed by atoms with Crippen LogP contribution in [0.2, 0.25) is 0 Å². The molecule has 2 atom stereocenters. The predicted octanol–water partition coefficient (Wildman–Crippen LogP) is 4.39. The summed E-state index contributed by atoms with van der Waals surface area (Å²) in [4.78, 5) is 9.73. The van der Waals surface area contributed by atoms with Gasteiger partial charge in [0, 0.05) is 48.1 Å². The SMILES string of the molecule is Fc1cccc2c1-c1cc3c(n[nH]c3cn1)-c1ccc(N3C[C@H]4C[C@@H]3CN4C3COC3)c(c1)OCCCOC2. The molecule has 2 aromatic heterocycles. The summed E-state index contributed by atoms with van der Waals surface area (Å²) in [5.74, 6) is 0.559. The maximum absolute atomic E-state index is 15.1. The highest BCUT2D eigenvalue weighted by Gasteiger charge is 2.47. The smallest absolute Gasteiger partial charge is 0.143 e. The highest BCUT2D eigenvalue weighted by atomic mass is 19.1. The van der Waals surface area contributed by atoms with Crippen molar-refractivity contribution in [2.45, 2.75) is 37.6 Å². The molecule has 0 radical (unpaired) electrons. The number of rotatable bonds is 2. The number of piperazine rings is 1. The van der Waals surface area contributed by atoms with Gasteiger partial charge in [0.2, 0.25) is 0 Å². The Bertz CT molecular complexity index is 1550. The summed E-state index contributed by atoms with van der Waals surface area (Å²) in [6.07, 6.45) is 3.64. The lowest BCUT2D eigenvalue weighted by atomic mass is 10.0. The highest BCUT2D eigenvalue weighted by molar-refractivity contribution is 5.95. The van der Waals surface area contributed by atoms with E-state index >= 15 is 4.39 Å². The third-order valence-electron chi connectivity index (χ3n) is 8.67. The fraction of sp³-hybridized carbons (Fsp3) is 0.400. The number of ether oxygens (including phenoxy) is 3. The number of likely N-dealkylation sites (tertiary alicyclic amines) is 1. The maximum Gasteiger partial charge on any atom is 0.143 e. The summed E-state index contributed by atoms with van der Waals surface area (Å²) in [7, 11) is 0. The van der Waals surface area contributed by atoms with Gasteiger partial charge in [0.15, 0.2) is 0 Å². The van der Waals surface area contributed by atoms with Crippen molar-refractivity contribution in [3.63, 3.8) is 0 Å². The van der Waals surface area contributed by atoms with Gasteiger partial charge in [0.25, 0.3) is 0 Å². The van der Waals surface area contributed by atoms with E-state index in [4.69, 9.17) is 14.2 Å². The van der Waals surface area contributed by atoms with Crippen LogP contribution in [0.1, 0.15) is 18.4 Å². The van der Waals surface area contributed by atoms with Crippen LogP contribution < -0.4 is 9.64 Å². The Hall–Kier alpha value is -3.53. The van der Waals surface area contributed by atoms with E-state index in [0.29, 0.717) is 49.2 Å². The number of benzene rings is 2. The third-order valence-corrected chi connectivity index (χ3v) is 8.67. The number of hydrogen-bond acceptors (Lipinski definition) is 7. The molecule has 200 valence electrons. The molecule has 8 nitrogen and oxygen atoms in total. The Morgan fingerprint density at radius 3 is 2.77 bits per heavy atom. The topological polar surface area (TPSA) is 75.7 Å². The molecule has 4 aliphatic heterocycles. The molecule has 6 bridgehead atoms. The average molecular weight is 528 g/mol. The van der Waals surface area contributed by atoms with Crippen molar-refractivity contribution >= 4 is 16.6 Å².